The van der Waals surface area contributed by atoms with Gasteiger partial charge < -0.3 is 10.4 Å². The van der Waals surface area contributed by atoms with E-state index >= 15 is 0 Å². The maximum absolute atomic E-state index is 11.0. The van der Waals surface area contributed by atoms with Crippen LogP contribution in [0.25, 0.3) is 0 Å². The van der Waals surface area contributed by atoms with Crippen LogP contribution >= 0.6 is 0 Å². The molecule has 0 aliphatic heterocycles. The Kier molecular flexibility index (Phi) is 3.73. The number of carboxylic acids is 1. The molecule has 1 amide bonds. The van der Waals surface area contributed by atoms with E-state index in [1.165, 1.54) is 0 Å². The lowest BCUT2D eigenvalue weighted by atomic mass is 10.1. The lowest BCUT2D eigenvalue weighted by Crippen LogP contribution is -2.40. The summed E-state index contributed by atoms with van der Waals surface area (Å²) in [5, 5.41) is 11.0. The molecule has 0 rings (SSSR count). The van der Waals surface area contributed by atoms with E-state index in [1.54, 1.807) is 0 Å². The van der Waals surface area contributed by atoms with Crippen molar-refractivity contribution in [2.75, 3.05) is 0 Å². The zero-order chi connectivity index (χ0) is 9.78. The Bertz CT molecular complexity index is 181. The van der Waals surface area contributed by atoms with E-state index in [-0.39, 0.29) is 24.3 Å². The van der Waals surface area contributed by atoms with Crippen molar-refractivity contribution in [2.24, 2.45) is 0 Å². The average molecular weight is 173 g/mol. The van der Waals surface area contributed by atoms with Gasteiger partial charge in [0.2, 0.25) is 5.91 Å². The summed E-state index contributed by atoms with van der Waals surface area (Å²) in [6, 6.07) is 0. The fourth-order valence-electron chi connectivity index (χ4n) is 0.701. The van der Waals surface area contributed by atoms with Crippen LogP contribution in [-0.2, 0) is 9.59 Å². The molecule has 0 aliphatic rings. The van der Waals surface area contributed by atoms with Crippen LogP contribution in [0.3, 0.4) is 0 Å². The van der Waals surface area contributed by atoms with Gasteiger partial charge in [-0.15, -0.1) is 0 Å². The molecule has 4 heteroatoms. The molecular weight excluding hydrogens is 158 g/mol. The third-order valence-electron chi connectivity index (χ3n) is 1.08. The lowest BCUT2D eigenvalue weighted by Gasteiger charge is -2.20. The van der Waals surface area contributed by atoms with Crippen LogP contribution in [0.5, 0.6) is 0 Å². The Balaban J connectivity index is 3.68. The van der Waals surface area contributed by atoms with Crippen molar-refractivity contribution < 1.29 is 14.7 Å². The molecule has 0 bridgehead atoms. The van der Waals surface area contributed by atoms with E-state index in [0.29, 0.717) is 0 Å². The Morgan fingerprint density at radius 1 is 1.25 bits per heavy atom. The van der Waals surface area contributed by atoms with Crippen LogP contribution in [-0.4, -0.2) is 22.5 Å². The summed E-state index contributed by atoms with van der Waals surface area (Å²) >= 11 is 0. The minimum absolute atomic E-state index is 0.0482. The lowest BCUT2D eigenvalue weighted by molar-refractivity contribution is -0.139. The Morgan fingerprint density at radius 2 is 1.75 bits per heavy atom. The molecule has 0 radical (unpaired) electrons. The SMILES string of the molecule is CC(C)(C)NC(=O)CCC(=O)O. The molecule has 0 aromatic carbocycles. The summed E-state index contributed by atoms with van der Waals surface area (Å²) in [4.78, 5) is 21.1. The first-order valence-electron chi connectivity index (χ1n) is 3.84. The topological polar surface area (TPSA) is 66.4 Å². The zero-order valence-electron chi connectivity index (χ0n) is 7.68. The first-order chi connectivity index (χ1) is 5.31. The third kappa shape index (κ3) is 7.05. The van der Waals surface area contributed by atoms with Crippen molar-refractivity contribution >= 4 is 11.9 Å². The molecule has 0 saturated carbocycles. The zero-order valence-corrected chi connectivity index (χ0v) is 7.68. The van der Waals surface area contributed by atoms with Gasteiger partial charge in [0, 0.05) is 12.0 Å². The smallest absolute Gasteiger partial charge is 0.303 e. The number of rotatable bonds is 3. The van der Waals surface area contributed by atoms with Gasteiger partial charge >= 0.3 is 5.97 Å². The normalized spacial score (nSPS) is 10.9. The average Bonchev–Trinajstić information content (AvgIpc) is 1.79. The summed E-state index contributed by atoms with van der Waals surface area (Å²) in [5.41, 5.74) is -0.282. The Hall–Kier alpha value is -1.06. The standard InChI is InChI=1S/C8H15NO3/c1-8(2,3)9-6(10)4-5-7(11)12/h4-5H2,1-3H3,(H,9,10)(H,11,12). The van der Waals surface area contributed by atoms with Gasteiger partial charge in [0.25, 0.3) is 0 Å². The van der Waals surface area contributed by atoms with Crippen molar-refractivity contribution in [3.05, 3.63) is 0 Å². The second kappa shape index (κ2) is 4.09. The summed E-state index contributed by atoms with van der Waals surface area (Å²) in [6.45, 7) is 5.56. The van der Waals surface area contributed by atoms with Gasteiger partial charge in [-0.2, -0.15) is 0 Å². The van der Waals surface area contributed by atoms with E-state index in [9.17, 15) is 9.59 Å². The van der Waals surface area contributed by atoms with Gasteiger partial charge in [-0.25, -0.2) is 0 Å². The number of carbonyl (C=O) groups is 2. The monoisotopic (exact) mass is 173 g/mol. The predicted octanol–water partition coefficient (Wildman–Crippen LogP) is 0.766. The van der Waals surface area contributed by atoms with E-state index in [0.717, 1.165) is 0 Å². The Labute approximate surface area is 72.0 Å². The number of hydrogen-bond donors (Lipinski definition) is 2. The fourth-order valence-corrected chi connectivity index (χ4v) is 0.701. The number of carboxylic acid groups (broad SMARTS) is 1. The molecule has 0 spiro atoms. The summed E-state index contributed by atoms with van der Waals surface area (Å²) in [7, 11) is 0. The van der Waals surface area contributed by atoms with Crippen LogP contribution in [0.4, 0.5) is 0 Å². The van der Waals surface area contributed by atoms with E-state index in [4.69, 9.17) is 5.11 Å². The molecule has 0 heterocycles. The molecule has 0 atom stereocenters. The molecular formula is C8H15NO3. The van der Waals surface area contributed by atoms with Crippen LogP contribution in [0.2, 0.25) is 0 Å². The maximum atomic E-state index is 11.0. The van der Waals surface area contributed by atoms with Crippen molar-refractivity contribution in [2.45, 2.75) is 39.2 Å². The van der Waals surface area contributed by atoms with Crippen LogP contribution < -0.4 is 5.32 Å². The largest absolute Gasteiger partial charge is 0.481 e. The molecule has 12 heavy (non-hydrogen) atoms. The van der Waals surface area contributed by atoms with Crippen molar-refractivity contribution in [1.29, 1.82) is 0 Å². The van der Waals surface area contributed by atoms with Crippen LogP contribution in [0, 0.1) is 0 Å². The predicted molar refractivity (Wildman–Crippen MR) is 44.8 cm³/mol. The highest BCUT2D eigenvalue weighted by Gasteiger charge is 2.13. The van der Waals surface area contributed by atoms with Crippen molar-refractivity contribution in [3.63, 3.8) is 0 Å². The maximum Gasteiger partial charge on any atom is 0.303 e. The molecule has 0 fully saturated rings. The number of hydrogen-bond acceptors (Lipinski definition) is 2. The molecule has 0 aromatic rings. The van der Waals surface area contributed by atoms with Crippen molar-refractivity contribution in [1.82, 2.24) is 5.32 Å². The number of carbonyl (C=O) groups excluding carboxylic acids is 1. The van der Waals surface area contributed by atoms with Gasteiger partial charge in [0.05, 0.1) is 6.42 Å². The van der Waals surface area contributed by atoms with Crippen LogP contribution in [0.15, 0.2) is 0 Å². The number of amides is 1. The van der Waals surface area contributed by atoms with Gasteiger partial charge in [-0.05, 0) is 20.8 Å². The molecule has 0 unspecified atom stereocenters. The van der Waals surface area contributed by atoms with Gasteiger partial charge in [0.15, 0.2) is 0 Å². The molecule has 0 aromatic heterocycles. The molecule has 0 aliphatic carbocycles. The second-order valence-electron chi connectivity index (χ2n) is 3.69. The quantitative estimate of drug-likeness (QED) is 0.662. The third-order valence-corrected chi connectivity index (χ3v) is 1.08. The summed E-state index contributed by atoms with van der Waals surface area (Å²) < 4.78 is 0. The van der Waals surface area contributed by atoms with Crippen molar-refractivity contribution in [3.8, 4) is 0 Å². The van der Waals surface area contributed by atoms with Gasteiger partial charge in [-0.3, -0.25) is 9.59 Å². The fraction of sp³-hybridized carbons (Fsp3) is 0.750. The van der Waals surface area contributed by atoms with Crippen LogP contribution in [0.1, 0.15) is 33.6 Å². The van der Waals surface area contributed by atoms with E-state index in [1.807, 2.05) is 20.8 Å². The Morgan fingerprint density at radius 3 is 2.08 bits per heavy atom. The molecule has 0 saturated heterocycles. The van der Waals surface area contributed by atoms with E-state index in [2.05, 4.69) is 5.32 Å². The first-order valence-corrected chi connectivity index (χ1v) is 3.84. The molecule has 70 valence electrons. The minimum atomic E-state index is -0.945. The highest BCUT2D eigenvalue weighted by molar-refractivity contribution is 5.81. The highest BCUT2D eigenvalue weighted by Crippen LogP contribution is 2.00. The minimum Gasteiger partial charge on any atom is -0.481 e. The van der Waals surface area contributed by atoms with Gasteiger partial charge in [0.1, 0.15) is 0 Å². The van der Waals surface area contributed by atoms with E-state index < -0.39 is 5.97 Å². The summed E-state index contributed by atoms with van der Waals surface area (Å²) in [5.74, 6) is -1.16. The highest BCUT2D eigenvalue weighted by atomic mass is 16.4. The second-order valence-corrected chi connectivity index (χ2v) is 3.69. The first kappa shape index (κ1) is 10.9. The number of aliphatic carboxylic acids is 1. The molecule has 2 N–H and O–H groups in total. The molecule has 4 nitrogen and oxygen atoms in total. The number of nitrogens with one attached hydrogen (secondary N) is 1. The summed E-state index contributed by atoms with van der Waals surface area (Å²) in [6.07, 6.45) is -0.0610. The van der Waals surface area contributed by atoms with Gasteiger partial charge in [-0.1, -0.05) is 0 Å².